The maximum atomic E-state index is 9.42. The fourth-order valence-electron chi connectivity index (χ4n) is 3.03. The summed E-state index contributed by atoms with van der Waals surface area (Å²) < 4.78 is 5.47. The van der Waals surface area contributed by atoms with Crippen LogP contribution in [0.5, 0.6) is 5.75 Å². The van der Waals surface area contributed by atoms with Crippen molar-refractivity contribution in [1.82, 2.24) is 9.80 Å². The van der Waals surface area contributed by atoms with Gasteiger partial charge < -0.3 is 9.84 Å². The van der Waals surface area contributed by atoms with E-state index in [1.165, 1.54) is 10.5 Å². The van der Waals surface area contributed by atoms with E-state index in [9.17, 15) is 5.11 Å². The van der Waals surface area contributed by atoms with Crippen molar-refractivity contribution in [2.45, 2.75) is 30.8 Å². The molecule has 0 amide bonds. The minimum Gasteiger partial charge on any atom is -0.496 e. The Labute approximate surface area is 138 Å². The highest BCUT2D eigenvalue weighted by Crippen LogP contribution is 2.28. The first kappa shape index (κ1) is 17.6. The summed E-state index contributed by atoms with van der Waals surface area (Å²) in [6.45, 7) is 7.58. The molecule has 1 heterocycles. The number of benzene rings is 1. The van der Waals surface area contributed by atoms with E-state index in [0.717, 1.165) is 44.9 Å². The van der Waals surface area contributed by atoms with E-state index < -0.39 is 0 Å². The minimum absolute atomic E-state index is 0.268. The van der Waals surface area contributed by atoms with Crippen molar-refractivity contribution in [2.75, 3.05) is 46.2 Å². The summed E-state index contributed by atoms with van der Waals surface area (Å²) in [6, 6.07) is 6.82. The summed E-state index contributed by atoms with van der Waals surface area (Å²) in [5.74, 6) is 0.968. The predicted octanol–water partition coefficient (Wildman–Crippen LogP) is 2.31. The summed E-state index contributed by atoms with van der Waals surface area (Å²) in [5, 5.41) is 9.42. The minimum atomic E-state index is 0.268. The molecule has 1 fully saturated rings. The van der Waals surface area contributed by atoms with Gasteiger partial charge in [0.2, 0.25) is 0 Å². The van der Waals surface area contributed by atoms with Crippen LogP contribution in [0.1, 0.15) is 18.9 Å². The Morgan fingerprint density at radius 2 is 2.00 bits per heavy atom. The van der Waals surface area contributed by atoms with E-state index in [1.807, 2.05) is 0 Å². The number of ether oxygens (including phenoxy) is 1. The SMILES string of the molecule is CCC(CO)N1CCN(Cc2ccc(SC)c(OC)c2)CC1. The highest BCUT2D eigenvalue weighted by molar-refractivity contribution is 7.98. The quantitative estimate of drug-likeness (QED) is 0.779. The van der Waals surface area contributed by atoms with Crippen molar-refractivity contribution < 1.29 is 9.84 Å². The number of hydrogen-bond donors (Lipinski definition) is 1. The van der Waals surface area contributed by atoms with Crippen LogP contribution in [0.2, 0.25) is 0 Å². The van der Waals surface area contributed by atoms with Crippen LogP contribution in [0.15, 0.2) is 23.1 Å². The Morgan fingerprint density at radius 3 is 2.55 bits per heavy atom. The molecule has 1 aromatic rings. The summed E-state index contributed by atoms with van der Waals surface area (Å²) in [5.41, 5.74) is 1.30. The summed E-state index contributed by atoms with van der Waals surface area (Å²) >= 11 is 1.71. The number of hydrogen-bond acceptors (Lipinski definition) is 5. The molecule has 1 atom stereocenters. The van der Waals surface area contributed by atoms with E-state index in [1.54, 1.807) is 18.9 Å². The van der Waals surface area contributed by atoms with Gasteiger partial charge in [0, 0.05) is 43.7 Å². The second-order valence-electron chi connectivity index (χ2n) is 5.75. The van der Waals surface area contributed by atoms with Gasteiger partial charge in [0.05, 0.1) is 13.7 Å². The van der Waals surface area contributed by atoms with Gasteiger partial charge in [0.25, 0.3) is 0 Å². The monoisotopic (exact) mass is 324 g/mol. The number of thioether (sulfide) groups is 1. The molecule has 1 aliphatic heterocycles. The Balaban J connectivity index is 1.90. The Morgan fingerprint density at radius 1 is 1.27 bits per heavy atom. The van der Waals surface area contributed by atoms with Crippen molar-refractivity contribution >= 4 is 11.8 Å². The first-order valence-corrected chi connectivity index (χ1v) is 9.22. The zero-order valence-corrected chi connectivity index (χ0v) is 14.7. The van der Waals surface area contributed by atoms with Crippen molar-refractivity contribution in [3.63, 3.8) is 0 Å². The van der Waals surface area contributed by atoms with Crippen LogP contribution < -0.4 is 4.74 Å². The van der Waals surface area contributed by atoms with E-state index in [2.05, 4.69) is 41.2 Å². The molecule has 0 saturated carbocycles. The lowest BCUT2D eigenvalue weighted by Gasteiger charge is -2.38. The molecule has 0 aliphatic carbocycles. The molecule has 0 spiro atoms. The van der Waals surface area contributed by atoms with Gasteiger partial charge in [0.1, 0.15) is 5.75 Å². The number of aliphatic hydroxyl groups is 1. The van der Waals surface area contributed by atoms with Crippen LogP contribution in [0.4, 0.5) is 0 Å². The molecular formula is C17H28N2O2S. The average Bonchev–Trinajstić information content (AvgIpc) is 2.57. The largest absolute Gasteiger partial charge is 0.496 e. The van der Waals surface area contributed by atoms with Crippen LogP contribution in [0.3, 0.4) is 0 Å². The van der Waals surface area contributed by atoms with Gasteiger partial charge >= 0.3 is 0 Å². The summed E-state index contributed by atoms with van der Waals surface area (Å²) in [4.78, 5) is 6.08. The second kappa shape index (κ2) is 8.77. The molecule has 0 radical (unpaired) electrons. The fraction of sp³-hybridized carbons (Fsp3) is 0.647. The van der Waals surface area contributed by atoms with Gasteiger partial charge in [-0.1, -0.05) is 13.0 Å². The van der Waals surface area contributed by atoms with Crippen LogP contribution >= 0.6 is 11.8 Å². The van der Waals surface area contributed by atoms with Gasteiger partial charge in [-0.2, -0.15) is 0 Å². The van der Waals surface area contributed by atoms with E-state index in [4.69, 9.17) is 4.74 Å². The van der Waals surface area contributed by atoms with Gasteiger partial charge in [-0.3, -0.25) is 9.80 Å². The average molecular weight is 324 g/mol. The van der Waals surface area contributed by atoms with Crippen molar-refractivity contribution in [3.8, 4) is 5.75 Å². The third-order valence-electron chi connectivity index (χ3n) is 4.46. The van der Waals surface area contributed by atoms with Crippen molar-refractivity contribution in [1.29, 1.82) is 0 Å². The Bertz CT molecular complexity index is 458. The lowest BCUT2D eigenvalue weighted by molar-refractivity contribution is 0.0608. The summed E-state index contributed by atoms with van der Waals surface area (Å²) in [7, 11) is 1.73. The molecule has 1 aliphatic rings. The van der Waals surface area contributed by atoms with Gasteiger partial charge in [-0.15, -0.1) is 11.8 Å². The molecule has 1 saturated heterocycles. The molecule has 22 heavy (non-hydrogen) atoms. The number of nitrogens with zero attached hydrogens (tertiary/aromatic N) is 2. The van der Waals surface area contributed by atoms with Crippen molar-refractivity contribution in [3.05, 3.63) is 23.8 Å². The van der Waals surface area contributed by atoms with Crippen molar-refractivity contribution in [2.24, 2.45) is 0 Å². The lowest BCUT2D eigenvalue weighted by atomic mass is 10.1. The maximum absolute atomic E-state index is 9.42. The number of methoxy groups -OCH3 is 1. The first-order valence-electron chi connectivity index (χ1n) is 8.00. The molecule has 1 aromatic carbocycles. The smallest absolute Gasteiger partial charge is 0.132 e. The molecule has 2 rings (SSSR count). The van der Waals surface area contributed by atoms with Gasteiger partial charge in [-0.05, 0) is 30.4 Å². The zero-order chi connectivity index (χ0) is 15.9. The third-order valence-corrected chi connectivity index (χ3v) is 5.24. The highest BCUT2D eigenvalue weighted by Gasteiger charge is 2.22. The topological polar surface area (TPSA) is 35.9 Å². The zero-order valence-electron chi connectivity index (χ0n) is 13.9. The molecule has 124 valence electrons. The van der Waals surface area contributed by atoms with Crippen LogP contribution in [-0.4, -0.2) is 67.1 Å². The fourth-order valence-corrected chi connectivity index (χ4v) is 3.57. The standard InChI is InChI=1S/C17H28N2O2S/c1-4-15(13-20)19-9-7-18(8-10-19)12-14-5-6-17(22-3)16(11-14)21-2/h5-6,11,15,20H,4,7-10,12-13H2,1-3H3. The van der Waals surface area contributed by atoms with E-state index in [0.29, 0.717) is 6.04 Å². The predicted molar refractivity (Wildman–Crippen MR) is 92.8 cm³/mol. The lowest BCUT2D eigenvalue weighted by Crippen LogP contribution is -2.50. The number of piperazine rings is 1. The molecule has 0 aromatic heterocycles. The Hall–Kier alpha value is -0.750. The Kier molecular flexibility index (Phi) is 7.02. The van der Waals surface area contributed by atoms with E-state index in [-0.39, 0.29) is 6.61 Å². The molecule has 1 unspecified atom stereocenters. The second-order valence-corrected chi connectivity index (χ2v) is 6.59. The van der Waals surface area contributed by atoms with Crippen LogP contribution in [-0.2, 0) is 6.54 Å². The molecule has 1 N–H and O–H groups in total. The maximum Gasteiger partial charge on any atom is 0.132 e. The first-order chi connectivity index (χ1) is 10.7. The number of aliphatic hydroxyl groups excluding tert-OH is 1. The van der Waals surface area contributed by atoms with Crippen LogP contribution in [0.25, 0.3) is 0 Å². The molecule has 4 nitrogen and oxygen atoms in total. The highest BCUT2D eigenvalue weighted by atomic mass is 32.2. The normalized spacial score (nSPS) is 18.4. The van der Waals surface area contributed by atoms with Gasteiger partial charge in [0.15, 0.2) is 0 Å². The van der Waals surface area contributed by atoms with Gasteiger partial charge in [-0.25, -0.2) is 0 Å². The summed E-state index contributed by atoms with van der Waals surface area (Å²) in [6.07, 6.45) is 3.09. The van der Waals surface area contributed by atoms with Crippen LogP contribution in [0, 0.1) is 0 Å². The molecule has 5 heteroatoms. The molecule has 0 bridgehead atoms. The third kappa shape index (κ3) is 4.38. The molecular weight excluding hydrogens is 296 g/mol. The van der Waals surface area contributed by atoms with E-state index >= 15 is 0 Å². The number of rotatable bonds is 7.